The molecule has 3 aromatic rings. The van der Waals surface area contributed by atoms with Crippen LogP contribution in [0.2, 0.25) is 0 Å². The fourth-order valence-electron chi connectivity index (χ4n) is 3.98. The Kier molecular flexibility index (Phi) is 3.23. The summed E-state index contributed by atoms with van der Waals surface area (Å²) in [7, 11) is 0. The van der Waals surface area contributed by atoms with Gasteiger partial charge in [0, 0.05) is 35.6 Å². The summed E-state index contributed by atoms with van der Waals surface area (Å²) in [5, 5.41) is 1.13. The Hall–Kier alpha value is -2.88. The number of carbonyl (C=O) groups is 1. The molecule has 2 aromatic carbocycles. The molecule has 0 N–H and O–H groups in total. The van der Waals surface area contributed by atoms with E-state index in [1.165, 1.54) is 0 Å². The first kappa shape index (κ1) is 14.5. The molecule has 1 aromatic heterocycles. The number of cyclic esters (lactones) is 1. The number of nitrogens with zero attached hydrogens (tertiary/aromatic N) is 2. The van der Waals surface area contributed by atoms with E-state index in [-0.39, 0.29) is 11.9 Å². The molecule has 0 saturated carbocycles. The molecule has 0 spiro atoms. The van der Waals surface area contributed by atoms with Gasteiger partial charge in [-0.25, -0.2) is 4.98 Å². The smallest absolute Gasteiger partial charge is 0.311 e. The zero-order chi connectivity index (χ0) is 16.8. The minimum atomic E-state index is -0.0471. The number of rotatable bonds is 2. The van der Waals surface area contributed by atoms with Gasteiger partial charge in [-0.1, -0.05) is 48.5 Å². The molecule has 0 unspecified atom stereocenters. The van der Waals surface area contributed by atoms with E-state index < -0.39 is 0 Å². The van der Waals surface area contributed by atoms with Crippen molar-refractivity contribution < 1.29 is 9.53 Å². The van der Waals surface area contributed by atoms with Crippen LogP contribution in [-0.2, 0) is 9.53 Å². The number of para-hydroxylation sites is 1. The van der Waals surface area contributed by atoms with E-state index in [4.69, 9.17) is 9.72 Å². The SMILES string of the molecule is O=C1OC[C@H]2CN(c3cc(-c4ccccc4)nc4ccccc34)C[C@@H]12. The number of esters is 1. The van der Waals surface area contributed by atoms with Crippen LogP contribution in [0.25, 0.3) is 22.2 Å². The van der Waals surface area contributed by atoms with Crippen LogP contribution < -0.4 is 4.90 Å². The van der Waals surface area contributed by atoms with Gasteiger partial charge in [-0.05, 0) is 12.1 Å². The molecule has 0 bridgehead atoms. The molecule has 4 heteroatoms. The minimum Gasteiger partial charge on any atom is -0.465 e. The lowest BCUT2D eigenvalue weighted by Gasteiger charge is -2.22. The second-order valence-electron chi connectivity index (χ2n) is 6.81. The van der Waals surface area contributed by atoms with Crippen molar-refractivity contribution in [3.05, 3.63) is 60.7 Å². The van der Waals surface area contributed by atoms with Gasteiger partial charge < -0.3 is 9.64 Å². The Bertz CT molecular complexity index is 955. The third-order valence-corrected chi connectivity index (χ3v) is 5.29. The number of carbonyl (C=O) groups excluding carboxylic acids is 1. The second-order valence-corrected chi connectivity index (χ2v) is 6.81. The number of hydrogen-bond acceptors (Lipinski definition) is 4. The summed E-state index contributed by atoms with van der Waals surface area (Å²) in [6.45, 7) is 2.14. The van der Waals surface area contributed by atoms with Gasteiger partial charge in [0.1, 0.15) is 0 Å². The Morgan fingerprint density at radius 3 is 2.64 bits per heavy atom. The number of hydrogen-bond donors (Lipinski definition) is 0. The number of ether oxygens (including phenoxy) is 1. The van der Waals surface area contributed by atoms with Crippen molar-refractivity contribution in [3.63, 3.8) is 0 Å². The first-order valence-electron chi connectivity index (χ1n) is 8.66. The minimum absolute atomic E-state index is 0.00658. The molecule has 4 nitrogen and oxygen atoms in total. The van der Waals surface area contributed by atoms with Crippen LogP contribution in [0.15, 0.2) is 60.7 Å². The van der Waals surface area contributed by atoms with Gasteiger partial charge in [0.2, 0.25) is 0 Å². The van der Waals surface area contributed by atoms with Crippen molar-refractivity contribution >= 4 is 22.6 Å². The van der Waals surface area contributed by atoms with Crippen LogP contribution in [0.4, 0.5) is 5.69 Å². The lowest BCUT2D eigenvalue weighted by atomic mass is 10.0. The number of benzene rings is 2. The van der Waals surface area contributed by atoms with Crippen LogP contribution in [-0.4, -0.2) is 30.6 Å². The Morgan fingerprint density at radius 1 is 1.00 bits per heavy atom. The van der Waals surface area contributed by atoms with Crippen molar-refractivity contribution in [2.75, 3.05) is 24.6 Å². The normalized spacial score (nSPS) is 22.2. The number of anilines is 1. The molecule has 5 rings (SSSR count). The lowest BCUT2D eigenvalue weighted by molar-refractivity contribution is -0.140. The van der Waals surface area contributed by atoms with Crippen molar-refractivity contribution in [2.24, 2.45) is 11.8 Å². The third-order valence-electron chi connectivity index (χ3n) is 5.29. The van der Waals surface area contributed by atoms with Gasteiger partial charge in [-0.15, -0.1) is 0 Å². The maximum atomic E-state index is 11.9. The monoisotopic (exact) mass is 330 g/mol. The third kappa shape index (κ3) is 2.37. The van der Waals surface area contributed by atoms with Crippen LogP contribution in [0.1, 0.15) is 0 Å². The summed E-state index contributed by atoms with van der Waals surface area (Å²) in [5.41, 5.74) is 4.22. The summed E-state index contributed by atoms with van der Waals surface area (Å²) < 4.78 is 5.21. The highest BCUT2D eigenvalue weighted by molar-refractivity contribution is 5.94. The van der Waals surface area contributed by atoms with E-state index in [1.807, 2.05) is 30.3 Å². The molecule has 25 heavy (non-hydrogen) atoms. The molecule has 0 radical (unpaired) electrons. The van der Waals surface area contributed by atoms with E-state index in [0.717, 1.165) is 40.9 Å². The molecular formula is C21H18N2O2. The van der Waals surface area contributed by atoms with Crippen LogP contribution in [0.3, 0.4) is 0 Å². The van der Waals surface area contributed by atoms with Crippen LogP contribution in [0, 0.1) is 11.8 Å². The standard InChI is InChI=1S/C21H18N2O2/c24-21-17-12-23(11-15(17)13-25-21)20-10-19(14-6-2-1-3-7-14)22-18-9-5-4-8-16(18)20/h1-10,15,17H,11-13H2/t15-,17-/m1/s1. The zero-order valence-electron chi connectivity index (χ0n) is 13.8. The summed E-state index contributed by atoms with van der Waals surface area (Å²) in [6, 6.07) is 20.6. The first-order valence-corrected chi connectivity index (χ1v) is 8.66. The van der Waals surface area contributed by atoms with E-state index in [9.17, 15) is 4.79 Å². The molecule has 0 aliphatic carbocycles. The lowest BCUT2D eigenvalue weighted by Crippen LogP contribution is -2.23. The number of fused-ring (bicyclic) bond motifs is 2. The maximum absolute atomic E-state index is 11.9. The molecular weight excluding hydrogens is 312 g/mol. The van der Waals surface area contributed by atoms with Gasteiger partial charge in [0.05, 0.1) is 23.7 Å². The van der Waals surface area contributed by atoms with Gasteiger partial charge in [-0.3, -0.25) is 4.79 Å². The fourth-order valence-corrected chi connectivity index (χ4v) is 3.98. The topological polar surface area (TPSA) is 42.4 Å². The maximum Gasteiger partial charge on any atom is 0.311 e. The average Bonchev–Trinajstić information content (AvgIpc) is 3.24. The van der Waals surface area contributed by atoms with Gasteiger partial charge in [0.25, 0.3) is 0 Å². The summed E-state index contributed by atoms with van der Waals surface area (Å²) >= 11 is 0. The Balaban J connectivity index is 1.63. The van der Waals surface area contributed by atoms with Crippen LogP contribution in [0.5, 0.6) is 0 Å². The summed E-state index contributed by atoms with van der Waals surface area (Å²) in [4.78, 5) is 19.1. The summed E-state index contributed by atoms with van der Waals surface area (Å²) in [6.07, 6.45) is 0. The van der Waals surface area contributed by atoms with Crippen molar-refractivity contribution in [2.45, 2.75) is 0 Å². The molecule has 2 saturated heterocycles. The highest BCUT2D eigenvalue weighted by atomic mass is 16.5. The van der Waals surface area contributed by atoms with Gasteiger partial charge >= 0.3 is 5.97 Å². The van der Waals surface area contributed by atoms with Crippen LogP contribution >= 0.6 is 0 Å². The quantitative estimate of drug-likeness (QED) is 0.674. The van der Waals surface area contributed by atoms with Crippen molar-refractivity contribution in [1.29, 1.82) is 0 Å². The molecule has 3 heterocycles. The molecule has 2 aliphatic rings. The predicted molar refractivity (Wildman–Crippen MR) is 97.3 cm³/mol. The van der Waals surface area contributed by atoms with Gasteiger partial charge in [-0.2, -0.15) is 0 Å². The molecule has 2 atom stereocenters. The van der Waals surface area contributed by atoms with Crippen molar-refractivity contribution in [1.82, 2.24) is 4.98 Å². The molecule has 2 aliphatic heterocycles. The molecule has 124 valence electrons. The largest absolute Gasteiger partial charge is 0.465 e. The average molecular weight is 330 g/mol. The predicted octanol–water partition coefficient (Wildman–Crippen LogP) is 3.51. The summed E-state index contributed by atoms with van der Waals surface area (Å²) in [5.74, 6) is 0.265. The first-order chi connectivity index (χ1) is 12.3. The Morgan fingerprint density at radius 2 is 1.80 bits per heavy atom. The highest BCUT2D eigenvalue weighted by Crippen LogP contribution is 2.37. The fraction of sp³-hybridized carbons (Fsp3) is 0.238. The molecule has 0 amide bonds. The Labute approximate surface area is 146 Å². The van der Waals surface area contributed by atoms with Crippen molar-refractivity contribution in [3.8, 4) is 11.3 Å². The van der Waals surface area contributed by atoms with E-state index in [1.54, 1.807) is 0 Å². The van der Waals surface area contributed by atoms with E-state index >= 15 is 0 Å². The number of aromatic nitrogens is 1. The van der Waals surface area contributed by atoms with E-state index in [2.05, 4.69) is 35.2 Å². The highest BCUT2D eigenvalue weighted by Gasteiger charge is 2.44. The molecule has 2 fully saturated rings. The van der Waals surface area contributed by atoms with E-state index in [0.29, 0.717) is 12.5 Å². The zero-order valence-corrected chi connectivity index (χ0v) is 13.8. The second kappa shape index (κ2) is 5.59. The van der Waals surface area contributed by atoms with Gasteiger partial charge in [0.15, 0.2) is 0 Å². The number of pyridine rings is 1.